The van der Waals surface area contributed by atoms with Gasteiger partial charge in [0.15, 0.2) is 0 Å². The van der Waals surface area contributed by atoms with Crippen LogP contribution in [0.25, 0.3) is 5.69 Å². The van der Waals surface area contributed by atoms with Gasteiger partial charge in [0.05, 0.1) is 23.5 Å². The van der Waals surface area contributed by atoms with Gasteiger partial charge in [0.1, 0.15) is 0 Å². The fraction of sp³-hybridized carbons (Fsp3) is 0.357. The third kappa shape index (κ3) is 2.37. The number of aromatic nitrogens is 2. The number of hydrogen-bond acceptors (Lipinski definition) is 1. The molecule has 17 heavy (non-hydrogen) atoms. The molecular formula is C14H17ClN2. The van der Waals surface area contributed by atoms with Crippen LogP contribution in [0.2, 0.25) is 0 Å². The van der Waals surface area contributed by atoms with E-state index < -0.39 is 0 Å². The van der Waals surface area contributed by atoms with E-state index in [0.29, 0.717) is 11.8 Å². The number of halogens is 1. The van der Waals surface area contributed by atoms with Crippen molar-refractivity contribution in [3.63, 3.8) is 0 Å². The molecule has 1 heterocycles. The van der Waals surface area contributed by atoms with Crippen LogP contribution in [0.3, 0.4) is 0 Å². The molecule has 0 aliphatic rings. The van der Waals surface area contributed by atoms with Crippen LogP contribution in [0.15, 0.2) is 30.5 Å². The summed E-state index contributed by atoms with van der Waals surface area (Å²) in [4.78, 5) is 0. The van der Waals surface area contributed by atoms with E-state index in [2.05, 4.69) is 50.1 Å². The Kier molecular flexibility index (Phi) is 3.53. The van der Waals surface area contributed by atoms with Gasteiger partial charge in [0, 0.05) is 5.56 Å². The van der Waals surface area contributed by atoms with E-state index in [0.717, 1.165) is 11.3 Å². The summed E-state index contributed by atoms with van der Waals surface area (Å²) >= 11 is 5.95. The van der Waals surface area contributed by atoms with Gasteiger partial charge in [-0.3, -0.25) is 0 Å². The Balaban J connectivity index is 2.51. The van der Waals surface area contributed by atoms with Crippen LogP contribution in [0.1, 0.15) is 36.6 Å². The van der Waals surface area contributed by atoms with Crippen molar-refractivity contribution in [2.75, 3.05) is 0 Å². The number of nitrogens with zero attached hydrogens (tertiary/aromatic N) is 2. The first-order chi connectivity index (χ1) is 8.13. The van der Waals surface area contributed by atoms with E-state index >= 15 is 0 Å². The smallest absolute Gasteiger partial charge is 0.0649 e. The lowest BCUT2D eigenvalue weighted by Crippen LogP contribution is -2.05. The van der Waals surface area contributed by atoms with Crippen molar-refractivity contribution in [3.05, 3.63) is 47.3 Å². The first kappa shape index (κ1) is 12.2. The molecule has 0 amide bonds. The minimum Gasteiger partial charge on any atom is -0.237 e. The van der Waals surface area contributed by atoms with Gasteiger partial charge >= 0.3 is 0 Å². The van der Waals surface area contributed by atoms with Gasteiger partial charge in [0.25, 0.3) is 0 Å². The maximum absolute atomic E-state index is 5.95. The number of benzene rings is 1. The van der Waals surface area contributed by atoms with Gasteiger partial charge in [-0.15, -0.1) is 11.6 Å². The molecule has 0 saturated heterocycles. The zero-order valence-corrected chi connectivity index (χ0v) is 11.2. The Hall–Kier alpha value is -1.28. The van der Waals surface area contributed by atoms with E-state index in [9.17, 15) is 0 Å². The quantitative estimate of drug-likeness (QED) is 0.750. The van der Waals surface area contributed by atoms with Crippen molar-refractivity contribution >= 4 is 11.6 Å². The van der Waals surface area contributed by atoms with E-state index in [1.165, 1.54) is 11.3 Å². The zero-order valence-electron chi connectivity index (χ0n) is 10.4. The predicted octanol–water partition coefficient (Wildman–Crippen LogP) is 4.04. The Bertz CT molecular complexity index is 497. The minimum absolute atomic E-state index is 0.410. The van der Waals surface area contributed by atoms with Crippen LogP contribution in [0, 0.1) is 6.92 Å². The molecule has 0 fully saturated rings. The second-order valence-corrected chi connectivity index (χ2v) is 4.86. The van der Waals surface area contributed by atoms with E-state index in [4.69, 9.17) is 11.6 Å². The summed E-state index contributed by atoms with van der Waals surface area (Å²) in [5, 5.41) is 4.44. The van der Waals surface area contributed by atoms with Gasteiger partial charge in [-0.2, -0.15) is 5.10 Å². The zero-order chi connectivity index (χ0) is 12.4. The molecule has 0 bridgehead atoms. The van der Waals surface area contributed by atoms with Gasteiger partial charge in [0.2, 0.25) is 0 Å². The maximum atomic E-state index is 5.95. The molecule has 0 saturated carbocycles. The first-order valence-corrected chi connectivity index (χ1v) is 6.36. The van der Waals surface area contributed by atoms with Crippen LogP contribution < -0.4 is 0 Å². The van der Waals surface area contributed by atoms with Crippen LogP contribution >= 0.6 is 11.6 Å². The molecule has 90 valence electrons. The molecule has 2 rings (SSSR count). The second kappa shape index (κ2) is 4.92. The third-order valence-electron chi connectivity index (χ3n) is 2.86. The lowest BCUT2D eigenvalue weighted by molar-refractivity contribution is 0.729. The monoisotopic (exact) mass is 248 g/mol. The summed E-state index contributed by atoms with van der Waals surface area (Å²) in [7, 11) is 0. The van der Waals surface area contributed by atoms with Gasteiger partial charge in [-0.1, -0.05) is 31.5 Å². The van der Waals surface area contributed by atoms with Crippen molar-refractivity contribution in [3.8, 4) is 5.69 Å². The number of rotatable bonds is 3. The predicted molar refractivity (Wildman–Crippen MR) is 71.9 cm³/mol. The Morgan fingerprint density at radius 1 is 1.24 bits per heavy atom. The van der Waals surface area contributed by atoms with Crippen molar-refractivity contribution in [2.45, 2.75) is 32.6 Å². The normalized spacial score (nSPS) is 11.1. The SMILES string of the molecule is Cc1ccc(-n2ncc(CCl)c2C(C)C)cc1. The fourth-order valence-corrected chi connectivity index (χ4v) is 2.21. The van der Waals surface area contributed by atoms with Crippen LogP contribution in [-0.4, -0.2) is 9.78 Å². The second-order valence-electron chi connectivity index (χ2n) is 4.59. The van der Waals surface area contributed by atoms with E-state index in [-0.39, 0.29) is 0 Å². The van der Waals surface area contributed by atoms with Crippen molar-refractivity contribution in [1.29, 1.82) is 0 Å². The Morgan fingerprint density at radius 2 is 1.88 bits per heavy atom. The number of aryl methyl sites for hydroxylation is 1. The Labute approximate surface area is 107 Å². The summed E-state index contributed by atoms with van der Waals surface area (Å²) in [5.74, 6) is 0.923. The summed E-state index contributed by atoms with van der Waals surface area (Å²) in [6.45, 7) is 6.41. The summed E-state index contributed by atoms with van der Waals surface area (Å²) in [6, 6.07) is 8.38. The fourth-order valence-electron chi connectivity index (χ4n) is 2.00. The topological polar surface area (TPSA) is 17.8 Å². The lowest BCUT2D eigenvalue weighted by atomic mass is 10.1. The highest BCUT2D eigenvalue weighted by molar-refractivity contribution is 6.17. The van der Waals surface area contributed by atoms with E-state index in [1.54, 1.807) is 0 Å². The Morgan fingerprint density at radius 3 is 2.41 bits per heavy atom. The number of hydrogen-bond donors (Lipinski definition) is 0. The average molecular weight is 249 g/mol. The van der Waals surface area contributed by atoms with Crippen molar-refractivity contribution < 1.29 is 0 Å². The molecule has 3 heteroatoms. The summed E-state index contributed by atoms with van der Waals surface area (Å²) < 4.78 is 1.99. The largest absolute Gasteiger partial charge is 0.237 e. The molecule has 0 radical (unpaired) electrons. The molecule has 0 atom stereocenters. The lowest BCUT2D eigenvalue weighted by Gasteiger charge is -2.12. The summed E-state index contributed by atoms with van der Waals surface area (Å²) in [5.41, 5.74) is 4.66. The molecule has 2 aromatic rings. The molecule has 1 aromatic carbocycles. The molecule has 0 aliphatic heterocycles. The molecule has 1 aromatic heterocycles. The highest BCUT2D eigenvalue weighted by atomic mass is 35.5. The standard InChI is InChI=1S/C14H17ClN2/c1-10(2)14-12(8-15)9-16-17(14)13-6-4-11(3)5-7-13/h4-7,9-10H,8H2,1-3H3. The van der Waals surface area contributed by atoms with Gasteiger partial charge < -0.3 is 0 Å². The molecule has 0 unspecified atom stereocenters. The van der Waals surface area contributed by atoms with Gasteiger partial charge in [-0.25, -0.2) is 4.68 Å². The van der Waals surface area contributed by atoms with Crippen LogP contribution in [0.5, 0.6) is 0 Å². The minimum atomic E-state index is 0.410. The summed E-state index contributed by atoms with van der Waals surface area (Å²) in [6.07, 6.45) is 1.86. The maximum Gasteiger partial charge on any atom is 0.0649 e. The molecular weight excluding hydrogens is 232 g/mol. The number of alkyl halides is 1. The van der Waals surface area contributed by atoms with Crippen molar-refractivity contribution in [2.24, 2.45) is 0 Å². The average Bonchev–Trinajstić information content (AvgIpc) is 2.73. The molecule has 0 N–H and O–H groups in total. The van der Waals surface area contributed by atoms with Gasteiger partial charge in [-0.05, 0) is 25.0 Å². The highest BCUT2D eigenvalue weighted by Gasteiger charge is 2.14. The highest BCUT2D eigenvalue weighted by Crippen LogP contribution is 2.24. The van der Waals surface area contributed by atoms with Crippen LogP contribution in [0.4, 0.5) is 0 Å². The molecule has 0 spiro atoms. The van der Waals surface area contributed by atoms with Crippen LogP contribution in [-0.2, 0) is 5.88 Å². The third-order valence-corrected chi connectivity index (χ3v) is 3.14. The van der Waals surface area contributed by atoms with E-state index in [1.807, 2.05) is 10.9 Å². The first-order valence-electron chi connectivity index (χ1n) is 5.83. The molecule has 2 nitrogen and oxygen atoms in total. The molecule has 0 aliphatic carbocycles. The van der Waals surface area contributed by atoms with Crippen molar-refractivity contribution in [1.82, 2.24) is 9.78 Å².